The van der Waals surface area contributed by atoms with Crippen LogP contribution in [0.3, 0.4) is 0 Å². The fraction of sp³-hybridized carbons (Fsp3) is 0.0833. The van der Waals surface area contributed by atoms with E-state index in [0.29, 0.717) is 5.82 Å². The molecule has 0 atom stereocenters. The van der Waals surface area contributed by atoms with Gasteiger partial charge in [-0.25, -0.2) is 13.4 Å². The zero-order chi connectivity index (χ0) is 13.2. The van der Waals surface area contributed by atoms with Crippen LogP contribution in [-0.2, 0) is 10.0 Å². The minimum absolute atomic E-state index is 0.225. The molecule has 0 fully saturated rings. The van der Waals surface area contributed by atoms with E-state index in [-0.39, 0.29) is 4.90 Å². The maximum Gasteiger partial charge on any atom is 0.263 e. The van der Waals surface area contributed by atoms with Crippen molar-refractivity contribution in [3.8, 4) is 0 Å². The van der Waals surface area contributed by atoms with E-state index in [1.807, 2.05) is 6.92 Å². The molecule has 0 spiro atoms. The Hall–Kier alpha value is -1.15. The second-order valence-electron chi connectivity index (χ2n) is 3.74. The van der Waals surface area contributed by atoms with Gasteiger partial charge in [0.1, 0.15) is 5.82 Å². The Morgan fingerprint density at radius 1 is 1.22 bits per heavy atom. The van der Waals surface area contributed by atoms with Gasteiger partial charge in [-0.15, -0.1) is 0 Å². The summed E-state index contributed by atoms with van der Waals surface area (Å²) in [5.41, 5.74) is 0.983. The summed E-state index contributed by atoms with van der Waals surface area (Å²) < 4.78 is 27.5. The lowest BCUT2D eigenvalue weighted by molar-refractivity contribution is 0.601. The first-order chi connectivity index (χ1) is 8.49. The molecule has 1 aromatic heterocycles. The number of nitrogens with zero attached hydrogens (tertiary/aromatic N) is 1. The fourth-order valence-electron chi connectivity index (χ4n) is 1.39. The fourth-order valence-corrected chi connectivity index (χ4v) is 2.71. The second kappa shape index (κ2) is 5.23. The molecule has 0 saturated carbocycles. The molecule has 6 heteroatoms. The van der Waals surface area contributed by atoms with Crippen LogP contribution in [0.15, 0.2) is 47.5 Å². The van der Waals surface area contributed by atoms with Crippen molar-refractivity contribution >= 4 is 38.4 Å². The molecule has 0 aliphatic rings. The van der Waals surface area contributed by atoms with E-state index in [1.165, 1.54) is 0 Å². The molecule has 2 rings (SSSR count). The smallest absolute Gasteiger partial charge is 0.263 e. The lowest BCUT2D eigenvalue weighted by atomic mass is 10.3. The summed E-state index contributed by atoms with van der Waals surface area (Å²) in [5, 5.41) is 0. The number of benzene rings is 1. The van der Waals surface area contributed by atoms with Crippen LogP contribution in [0.1, 0.15) is 5.56 Å². The van der Waals surface area contributed by atoms with Crippen LogP contribution in [0.5, 0.6) is 0 Å². The molecule has 4 nitrogen and oxygen atoms in total. The van der Waals surface area contributed by atoms with Crippen molar-refractivity contribution in [1.29, 1.82) is 0 Å². The van der Waals surface area contributed by atoms with Crippen molar-refractivity contribution in [1.82, 2.24) is 4.98 Å². The van der Waals surface area contributed by atoms with Gasteiger partial charge < -0.3 is 0 Å². The number of nitrogens with one attached hydrogen (secondary N) is 1. The van der Waals surface area contributed by atoms with Crippen LogP contribution in [0, 0.1) is 10.5 Å². The van der Waals surface area contributed by atoms with Gasteiger partial charge in [-0.3, -0.25) is 4.72 Å². The maximum absolute atomic E-state index is 12.0. The van der Waals surface area contributed by atoms with Gasteiger partial charge in [-0.2, -0.15) is 0 Å². The zero-order valence-electron chi connectivity index (χ0n) is 9.59. The molecule has 0 bridgehead atoms. The molecule has 1 N–H and O–H groups in total. The van der Waals surface area contributed by atoms with E-state index in [9.17, 15) is 8.42 Å². The topological polar surface area (TPSA) is 59.1 Å². The summed E-state index contributed by atoms with van der Waals surface area (Å²) in [6.07, 6.45) is 1.64. The Kier molecular flexibility index (Phi) is 3.86. The summed E-state index contributed by atoms with van der Waals surface area (Å²) in [4.78, 5) is 4.28. The van der Waals surface area contributed by atoms with E-state index in [0.717, 1.165) is 9.13 Å². The molecule has 18 heavy (non-hydrogen) atoms. The molecule has 2 aromatic rings. The van der Waals surface area contributed by atoms with Crippen LogP contribution in [0.25, 0.3) is 0 Å². The molecule has 94 valence electrons. The highest BCUT2D eigenvalue weighted by atomic mass is 127. The van der Waals surface area contributed by atoms with Crippen molar-refractivity contribution in [3.05, 3.63) is 51.7 Å². The van der Waals surface area contributed by atoms with Gasteiger partial charge in [0, 0.05) is 9.77 Å². The van der Waals surface area contributed by atoms with Crippen LogP contribution in [0.2, 0.25) is 0 Å². The summed E-state index contributed by atoms with van der Waals surface area (Å²) in [5.74, 6) is 0.330. The lowest BCUT2D eigenvalue weighted by Crippen LogP contribution is -2.14. The van der Waals surface area contributed by atoms with Gasteiger partial charge >= 0.3 is 0 Å². The third-order valence-electron chi connectivity index (χ3n) is 2.34. The summed E-state index contributed by atoms with van der Waals surface area (Å²) in [7, 11) is -3.56. The SMILES string of the molecule is Cc1cc(NS(=O)(=O)c2ccccc2)ncc1I. The molecule has 0 aliphatic carbocycles. The first kappa shape index (κ1) is 13.3. The second-order valence-corrected chi connectivity index (χ2v) is 6.58. The number of hydrogen-bond acceptors (Lipinski definition) is 3. The van der Waals surface area contributed by atoms with Crippen LogP contribution in [-0.4, -0.2) is 13.4 Å². The Labute approximate surface area is 120 Å². The monoisotopic (exact) mass is 374 g/mol. The van der Waals surface area contributed by atoms with E-state index in [4.69, 9.17) is 0 Å². The van der Waals surface area contributed by atoms with Crippen LogP contribution < -0.4 is 4.72 Å². The predicted octanol–water partition coefficient (Wildman–Crippen LogP) is 2.80. The molecular weight excluding hydrogens is 363 g/mol. The molecule has 0 saturated heterocycles. The first-order valence-electron chi connectivity index (χ1n) is 5.19. The van der Waals surface area contributed by atoms with Crippen LogP contribution in [0.4, 0.5) is 5.82 Å². The lowest BCUT2D eigenvalue weighted by Gasteiger charge is -2.08. The largest absolute Gasteiger partial charge is 0.263 e. The van der Waals surface area contributed by atoms with Crippen molar-refractivity contribution in [2.75, 3.05) is 4.72 Å². The minimum Gasteiger partial charge on any atom is -0.263 e. The average Bonchev–Trinajstić information content (AvgIpc) is 2.35. The van der Waals surface area contributed by atoms with Gasteiger partial charge in [-0.1, -0.05) is 18.2 Å². The highest BCUT2D eigenvalue weighted by Crippen LogP contribution is 2.17. The van der Waals surface area contributed by atoms with Gasteiger partial charge in [0.05, 0.1) is 4.90 Å². The molecule has 1 heterocycles. The summed E-state index contributed by atoms with van der Waals surface area (Å²) in [6, 6.07) is 9.93. The predicted molar refractivity (Wildman–Crippen MR) is 78.9 cm³/mol. The van der Waals surface area contributed by atoms with Crippen molar-refractivity contribution < 1.29 is 8.42 Å². The van der Waals surface area contributed by atoms with Gasteiger partial charge in [0.15, 0.2) is 0 Å². The highest BCUT2D eigenvalue weighted by molar-refractivity contribution is 14.1. The third kappa shape index (κ3) is 2.99. The molecule has 0 aliphatic heterocycles. The summed E-state index contributed by atoms with van der Waals surface area (Å²) >= 11 is 2.15. The van der Waals surface area contributed by atoms with E-state index >= 15 is 0 Å². The molecule has 0 amide bonds. The van der Waals surface area contributed by atoms with E-state index in [1.54, 1.807) is 42.6 Å². The van der Waals surface area contributed by atoms with Crippen molar-refractivity contribution in [2.45, 2.75) is 11.8 Å². The molecule has 0 radical (unpaired) electrons. The number of hydrogen-bond donors (Lipinski definition) is 1. The van der Waals surface area contributed by atoms with E-state index < -0.39 is 10.0 Å². The third-order valence-corrected chi connectivity index (χ3v) is 4.84. The highest BCUT2D eigenvalue weighted by Gasteiger charge is 2.14. The average molecular weight is 374 g/mol. The minimum atomic E-state index is -3.56. The number of aromatic nitrogens is 1. The van der Waals surface area contributed by atoms with Gasteiger partial charge in [0.25, 0.3) is 10.0 Å². The Balaban J connectivity index is 2.31. The number of pyridine rings is 1. The zero-order valence-corrected chi connectivity index (χ0v) is 12.6. The van der Waals surface area contributed by atoms with Crippen molar-refractivity contribution in [2.24, 2.45) is 0 Å². The van der Waals surface area contributed by atoms with Gasteiger partial charge in [-0.05, 0) is 53.3 Å². The molecule has 0 unspecified atom stereocenters. The number of aryl methyl sites for hydroxylation is 1. The molecular formula is C12H11IN2O2S. The van der Waals surface area contributed by atoms with Gasteiger partial charge in [0.2, 0.25) is 0 Å². The number of anilines is 1. The number of rotatable bonds is 3. The van der Waals surface area contributed by atoms with Crippen molar-refractivity contribution in [3.63, 3.8) is 0 Å². The summed E-state index contributed by atoms with van der Waals surface area (Å²) in [6.45, 7) is 1.91. The Morgan fingerprint density at radius 3 is 2.50 bits per heavy atom. The Morgan fingerprint density at radius 2 is 1.89 bits per heavy atom. The molecule has 1 aromatic carbocycles. The van der Waals surface area contributed by atoms with E-state index in [2.05, 4.69) is 32.3 Å². The number of halogens is 1. The maximum atomic E-state index is 12.0. The number of sulfonamides is 1. The van der Waals surface area contributed by atoms with Crippen LogP contribution >= 0.6 is 22.6 Å². The Bertz CT molecular complexity index is 657. The standard InChI is InChI=1S/C12H11IN2O2S/c1-9-7-12(14-8-11(9)13)15-18(16,17)10-5-3-2-4-6-10/h2-8H,1H3,(H,14,15). The normalized spacial score (nSPS) is 11.2. The quantitative estimate of drug-likeness (QED) is 0.841. The first-order valence-corrected chi connectivity index (χ1v) is 7.75.